The van der Waals surface area contributed by atoms with Crippen LogP contribution in [0.3, 0.4) is 0 Å². The lowest BCUT2D eigenvalue weighted by Gasteiger charge is -2.18. The zero-order valence-electron chi connectivity index (χ0n) is 11.6. The monoisotopic (exact) mass is 284 g/mol. The number of hydrogen-bond acceptors (Lipinski definition) is 3. The average Bonchev–Trinajstić information content (AvgIpc) is 3.01. The lowest BCUT2D eigenvalue weighted by Crippen LogP contribution is -2.27. The van der Waals surface area contributed by atoms with E-state index in [2.05, 4.69) is 20.8 Å². The van der Waals surface area contributed by atoms with Gasteiger partial charge < -0.3 is 10.6 Å². The van der Waals surface area contributed by atoms with Crippen LogP contribution in [-0.4, -0.2) is 22.0 Å². The number of anilines is 1. The zero-order valence-corrected chi connectivity index (χ0v) is 11.6. The number of aromatic nitrogens is 2. The molecule has 3 rings (SSSR count). The van der Waals surface area contributed by atoms with Gasteiger partial charge in [-0.15, -0.1) is 0 Å². The van der Waals surface area contributed by atoms with Crippen LogP contribution in [0.1, 0.15) is 40.9 Å². The summed E-state index contributed by atoms with van der Waals surface area (Å²) in [6.07, 6.45) is 4.57. The average molecular weight is 284 g/mol. The van der Waals surface area contributed by atoms with Crippen LogP contribution in [0.25, 0.3) is 0 Å². The first-order valence-corrected chi connectivity index (χ1v) is 6.86. The predicted octanol–water partition coefficient (Wildman–Crippen LogP) is 1.79. The molecule has 6 nitrogen and oxygen atoms in total. The second-order valence-corrected chi connectivity index (χ2v) is 5.15. The molecule has 0 spiro atoms. The molecular formula is C15H16N4O2. The molecule has 2 amide bonds. The molecule has 0 radical (unpaired) electrons. The molecule has 21 heavy (non-hydrogen) atoms. The van der Waals surface area contributed by atoms with Crippen LogP contribution in [0.2, 0.25) is 0 Å². The number of fused-ring (bicyclic) bond motifs is 1. The Morgan fingerprint density at radius 2 is 2.24 bits per heavy atom. The van der Waals surface area contributed by atoms with Gasteiger partial charge in [-0.25, -0.2) is 0 Å². The minimum absolute atomic E-state index is 0.0216. The molecule has 0 fully saturated rings. The molecule has 2 heterocycles. The van der Waals surface area contributed by atoms with Crippen molar-refractivity contribution in [2.24, 2.45) is 0 Å². The van der Waals surface area contributed by atoms with E-state index in [-0.39, 0.29) is 17.9 Å². The Balaban J connectivity index is 1.75. The third-order valence-electron chi connectivity index (χ3n) is 3.63. The maximum Gasteiger partial charge on any atom is 0.251 e. The molecule has 1 unspecified atom stereocenters. The van der Waals surface area contributed by atoms with Gasteiger partial charge in [0.1, 0.15) is 0 Å². The number of aryl methyl sites for hydroxylation is 1. The van der Waals surface area contributed by atoms with Gasteiger partial charge in [-0.3, -0.25) is 14.7 Å². The summed E-state index contributed by atoms with van der Waals surface area (Å²) in [5.41, 5.74) is 3.32. The van der Waals surface area contributed by atoms with Crippen LogP contribution in [-0.2, 0) is 11.2 Å². The number of carbonyl (C=O) groups is 2. The SMILES string of the molecule is CC(NC(=O)c1ccc2c(c1)CCC(=O)N2)c1cn[nH]c1. The molecular weight excluding hydrogens is 268 g/mol. The van der Waals surface area contributed by atoms with E-state index in [4.69, 9.17) is 0 Å². The van der Waals surface area contributed by atoms with E-state index < -0.39 is 0 Å². The summed E-state index contributed by atoms with van der Waals surface area (Å²) in [7, 11) is 0. The predicted molar refractivity (Wildman–Crippen MR) is 77.9 cm³/mol. The van der Waals surface area contributed by atoms with E-state index in [9.17, 15) is 9.59 Å². The Hall–Kier alpha value is -2.63. The normalized spacial score (nSPS) is 15.0. The van der Waals surface area contributed by atoms with Crippen molar-refractivity contribution in [2.45, 2.75) is 25.8 Å². The quantitative estimate of drug-likeness (QED) is 0.803. The van der Waals surface area contributed by atoms with Gasteiger partial charge >= 0.3 is 0 Å². The van der Waals surface area contributed by atoms with E-state index in [0.717, 1.165) is 16.8 Å². The highest BCUT2D eigenvalue weighted by molar-refractivity contribution is 5.98. The van der Waals surface area contributed by atoms with Crippen molar-refractivity contribution in [2.75, 3.05) is 5.32 Å². The van der Waals surface area contributed by atoms with Crippen molar-refractivity contribution in [1.29, 1.82) is 0 Å². The smallest absolute Gasteiger partial charge is 0.251 e. The second-order valence-electron chi connectivity index (χ2n) is 5.15. The van der Waals surface area contributed by atoms with Crippen molar-refractivity contribution < 1.29 is 9.59 Å². The topological polar surface area (TPSA) is 86.9 Å². The molecule has 1 aliphatic rings. The van der Waals surface area contributed by atoms with Gasteiger partial charge in [-0.1, -0.05) is 0 Å². The number of amides is 2. The van der Waals surface area contributed by atoms with Gasteiger partial charge in [-0.05, 0) is 37.1 Å². The standard InChI is InChI=1S/C15H16N4O2/c1-9(12-7-16-17-8-12)18-15(21)11-2-4-13-10(6-11)3-5-14(20)19-13/h2,4,6-9H,3,5H2,1H3,(H,16,17)(H,18,21)(H,19,20). The molecule has 1 aliphatic heterocycles. The van der Waals surface area contributed by atoms with Crippen LogP contribution in [0.5, 0.6) is 0 Å². The van der Waals surface area contributed by atoms with Gasteiger partial charge in [-0.2, -0.15) is 5.10 Å². The molecule has 2 aromatic rings. The lowest BCUT2D eigenvalue weighted by molar-refractivity contribution is -0.116. The Morgan fingerprint density at radius 1 is 1.38 bits per heavy atom. The third kappa shape index (κ3) is 2.79. The number of hydrogen-bond donors (Lipinski definition) is 3. The molecule has 3 N–H and O–H groups in total. The van der Waals surface area contributed by atoms with Crippen LogP contribution >= 0.6 is 0 Å². The van der Waals surface area contributed by atoms with Gasteiger partial charge in [0.05, 0.1) is 12.2 Å². The van der Waals surface area contributed by atoms with Crippen molar-refractivity contribution in [3.63, 3.8) is 0 Å². The minimum atomic E-state index is -0.136. The summed E-state index contributed by atoms with van der Waals surface area (Å²) in [5, 5.41) is 12.3. The molecule has 0 aliphatic carbocycles. The second kappa shape index (κ2) is 5.40. The molecule has 0 saturated heterocycles. The minimum Gasteiger partial charge on any atom is -0.345 e. The van der Waals surface area contributed by atoms with E-state index >= 15 is 0 Å². The van der Waals surface area contributed by atoms with Gasteiger partial charge in [0, 0.05) is 29.4 Å². The molecule has 108 valence electrons. The molecule has 1 aromatic carbocycles. The van der Waals surface area contributed by atoms with Crippen LogP contribution < -0.4 is 10.6 Å². The van der Waals surface area contributed by atoms with Crippen LogP contribution in [0.15, 0.2) is 30.6 Å². The van der Waals surface area contributed by atoms with Gasteiger partial charge in [0.2, 0.25) is 5.91 Å². The fraction of sp³-hybridized carbons (Fsp3) is 0.267. The summed E-state index contributed by atoms with van der Waals surface area (Å²) in [4.78, 5) is 23.6. The van der Waals surface area contributed by atoms with Gasteiger partial charge in [0.25, 0.3) is 5.91 Å². The molecule has 0 bridgehead atoms. The summed E-state index contributed by atoms with van der Waals surface area (Å²) in [5.74, 6) is -0.114. The van der Waals surface area contributed by atoms with Crippen molar-refractivity contribution in [1.82, 2.24) is 15.5 Å². The Kier molecular flexibility index (Phi) is 3.43. The highest BCUT2D eigenvalue weighted by Crippen LogP contribution is 2.23. The van der Waals surface area contributed by atoms with E-state index in [1.807, 2.05) is 13.0 Å². The maximum absolute atomic E-state index is 12.3. The number of aromatic amines is 1. The Labute approximate surface area is 121 Å². The first-order chi connectivity index (χ1) is 10.1. The van der Waals surface area contributed by atoms with Crippen molar-refractivity contribution in [3.8, 4) is 0 Å². The van der Waals surface area contributed by atoms with Crippen LogP contribution in [0, 0.1) is 0 Å². The first-order valence-electron chi connectivity index (χ1n) is 6.86. The van der Waals surface area contributed by atoms with E-state index in [1.54, 1.807) is 24.5 Å². The largest absolute Gasteiger partial charge is 0.345 e. The van der Waals surface area contributed by atoms with Crippen molar-refractivity contribution in [3.05, 3.63) is 47.3 Å². The number of rotatable bonds is 3. The first kappa shape index (κ1) is 13.4. The zero-order chi connectivity index (χ0) is 14.8. The number of H-pyrrole nitrogens is 1. The van der Waals surface area contributed by atoms with E-state index in [1.165, 1.54) is 0 Å². The number of carbonyl (C=O) groups excluding carboxylic acids is 2. The summed E-state index contributed by atoms with van der Waals surface area (Å²) >= 11 is 0. The van der Waals surface area contributed by atoms with Gasteiger partial charge in [0.15, 0.2) is 0 Å². The molecule has 1 aromatic heterocycles. The Bertz CT molecular complexity index is 679. The molecule has 0 saturated carbocycles. The maximum atomic E-state index is 12.3. The number of nitrogens with zero attached hydrogens (tertiary/aromatic N) is 1. The summed E-state index contributed by atoms with van der Waals surface area (Å²) in [6.45, 7) is 1.90. The highest BCUT2D eigenvalue weighted by Gasteiger charge is 2.17. The van der Waals surface area contributed by atoms with Crippen molar-refractivity contribution >= 4 is 17.5 Å². The fourth-order valence-corrected chi connectivity index (χ4v) is 2.39. The molecule has 6 heteroatoms. The van der Waals surface area contributed by atoms with E-state index in [0.29, 0.717) is 18.4 Å². The number of nitrogens with one attached hydrogen (secondary N) is 3. The summed E-state index contributed by atoms with van der Waals surface area (Å²) in [6, 6.07) is 5.23. The third-order valence-corrected chi connectivity index (χ3v) is 3.63. The lowest BCUT2D eigenvalue weighted by atomic mass is 10.00. The van der Waals surface area contributed by atoms with Crippen LogP contribution in [0.4, 0.5) is 5.69 Å². The summed E-state index contributed by atoms with van der Waals surface area (Å²) < 4.78 is 0. The highest BCUT2D eigenvalue weighted by atomic mass is 16.2. The Morgan fingerprint density at radius 3 is 3.00 bits per heavy atom. The fourth-order valence-electron chi connectivity index (χ4n) is 2.39. The molecule has 1 atom stereocenters. The number of benzene rings is 1.